The summed E-state index contributed by atoms with van der Waals surface area (Å²) in [5.41, 5.74) is 0.639. The van der Waals surface area contributed by atoms with Crippen LogP contribution in [0.15, 0.2) is 0 Å². The number of hydrogen-bond acceptors (Lipinski definition) is 1. The third-order valence-corrected chi connectivity index (χ3v) is 4.09. The first-order valence-electron chi connectivity index (χ1n) is 7.81. The van der Waals surface area contributed by atoms with Crippen LogP contribution in [0.1, 0.15) is 80.1 Å². The van der Waals surface area contributed by atoms with Gasteiger partial charge < -0.3 is 4.90 Å². The first-order chi connectivity index (χ1) is 8.07. The Labute approximate surface area is 110 Å². The molecule has 1 saturated heterocycles. The molecule has 17 heavy (non-hydrogen) atoms. The van der Waals surface area contributed by atoms with Crippen molar-refractivity contribution >= 4 is 0 Å². The van der Waals surface area contributed by atoms with Gasteiger partial charge in [-0.1, -0.05) is 40.5 Å². The summed E-state index contributed by atoms with van der Waals surface area (Å²) in [5, 5.41) is 0. The number of nitrogens with zero attached hydrogens (tertiary/aromatic N) is 1. The minimum absolute atomic E-state index is 0.639. The maximum atomic E-state index is 2.65. The molecule has 1 unspecified atom stereocenters. The minimum Gasteiger partial charge on any atom is -0.301 e. The van der Waals surface area contributed by atoms with Crippen LogP contribution in [0.2, 0.25) is 0 Å². The molecule has 0 amide bonds. The van der Waals surface area contributed by atoms with Crippen LogP contribution in [0.3, 0.4) is 0 Å². The maximum Gasteiger partial charge on any atom is 0.00385 e. The van der Waals surface area contributed by atoms with E-state index >= 15 is 0 Å². The average Bonchev–Trinajstić information content (AvgIpc) is 2.52. The van der Waals surface area contributed by atoms with Crippen LogP contribution in [0.25, 0.3) is 0 Å². The molecular weight excluding hydrogens is 206 g/mol. The highest BCUT2D eigenvalue weighted by atomic mass is 15.1. The standard InChI is InChI=1S/C14H29N.C2H6/c1-5-6-8-14(4)9-7-11-15(12-10-14)13(2)3;1-2/h13H,5-12H2,1-4H3;1-2H3. The second-order valence-electron chi connectivity index (χ2n) is 5.90. The predicted octanol–water partition coefficient (Wildman–Crippen LogP) is 5.10. The average molecular weight is 241 g/mol. The predicted molar refractivity (Wildman–Crippen MR) is 79.5 cm³/mol. The Morgan fingerprint density at radius 2 is 1.76 bits per heavy atom. The lowest BCUT2D eigenvalue weighted by atomic mass is 9.78. The quantitative estimate of drug-likeness (QED) is 0.661. The first kappa shape index (κ1) is 17.0. The van der Waals surface area contributed by atoms with Gasteiger partial charge in [-0.3, -0.25) is 0 Å². The molecule has 0 bridgehead atoms. The Morgan fingerprint density at radius 3 is 2.29 bits per heavy atom. The van der Waals surface area contributed by atoms with Gasteiger partial charge in [0.2, 0.25) is 0 Å². The topological polar surface area (TPSA) is 3.24 Å². The third kappa shape index (κ3) is 6.45. The van der Waals surface area contributed by atoms with Crippen molar-refractivity contribution in [1.29, 1.82) is 0 Å². The number of unbranched alkanes of at least 4 members (excludes halogenated alkanes) is 1. The van der Waals surface area contributed by atoms with E-state index in [9.17, 15) is 0 Å². The minimum atomic E-state index is 0.639. The molecule has 1 rings (SSSR count). The largest absolute Gasteiger partial charge is 0.301 e. The molecule has 0 aromatic heterocycles. The van der Waals surface area contributed by atoms with Gasteiger partial charge in [0.05, 0.1) is 0 Å². The van der Waals surface area contributed by atoms with E-state index in [0.717, 1.165) is 6.04 Å². The Morgan fingerprint density at radius 1 is 1.12 bits per heavy atom. The summed E-state index contributed by atoms with van der Waals surface area (Å²) in [6.07, 6.45) is 8.46. The van der Waals surface area contributed by atoms with E-state index in [1.165, 1.54) is 51.6 Å². The summed E-state index contributed by atoms with van der Waals surface area (Å²) in [4.78, 5) is 2.65. The van der Waals surface area contributed by atoms with Crippen molar-refractivity contribution in [3.05, 3.63) is 0 Å². The summed E-state index contributed by atoms with van der Waals surface area (Å²) in [6.45, 7) is 16.1. The Hall–Kier alpha value is -0.0400. The highest BCUT2D eigenvalue weighted by Gasteiger charge is 2.27. The van der Waals surface area contributed by atoms with E-state index in [1.807, 2.05) is 13.8 Å². The zero-order valence-electron chi connectivity index (χ0n) is 13.2. The van der Waals surface area contributed by atoms with Crippen LogP contribution in [-0.2, 0) is 0 Å². The van der Waals surface area contributed by atoms with Gasteiger partial charge in [-0.15, -0.1) is 0 Å². The van der Waals surface area contributed by atoms with Gasteiger partial charge in [-0.05, 0) is 58.0 Å². The lowest BCUT2D eigenvalue weighted by Gasteiger charge is -2.29. The molecule has 104 valence electrons. The smallest absolute Gasteiger partial charge is 0.00385 e. The van der Waals surface area contributed by atoms with Crippen LogP contribution in [-0.4, -0.2) is 24.0 Å². The second kappa shape index (κ2) is 8.97. The SMILES string of the molecule is CC.CCCCC1(C)CCCN(C(C)C)CC1. The molecule has 0 aromatic carbocycles. The van der Waals surface area contributed by atoms with Gasteiger partial charge in [0.25, 0.3) is 0 Å². The van der Waals surface area contributed by atoms with E-state index in [1.54, 1.807) is 0 Å². The van der Waals surface area contributed by atoms with Crippen molar-refractivity contribution in [2.75, 3.05) is 13.1 Å². The summed E-state index contributed by atoms with van der Waals surface area (Å²) >= 11 is 0. The van der Waals surface area contributed by atoms with Crippen LogP contribution in [0, 0.1) is 5.41 Å². The fourth-order valence-corrected chi connectivity index (χ4v) is 2.73. The van der Waals surface area contributed by atoms with Crippen molar-refractivity contribution in [2.45, 2.75) is 86.1 Å². The summed E-state index contributed by atoms with van der Waals surface area (Å²) in [6, 6.07) is 0.735. The van der Waals surface area contributed by atoms with Crippen LogP contribution < -0.4 is 0 Å². The van der Waals surface area contributed by atoms with Gasteiger partial charge >= 0.3 is 0 Å². The molecule has 0 saturated carbocycles. The molecule has 1 atom stereocenters. The van der Waals surface area contributed by atoms with Gasteiger partial charge in [0, 0.05) is 6.04 Å². The highest BCUT2D eigenvalue weighted by molar-refractivity contribution is 4.81. The fourth-order valence-electron chi connectivity index (χ4n) is 2.73. The molecule has 0 radical (unpaired) electrons. The summed E-state index contributed by atoms with van der Waals surface area (Å²) in [7, 11) is 0. The van der Waals surface area contributed by atoms with Gasteiger partial charge in [-0.2, -0.15) is 0 Å². The number of hydrogen-bond donors (Lipinski definition) is 0. The van der Waals surface area contributed by atoms with Crippen LogP contribution >= 0.6 is 0 Å². The number of rotatable bonds is 4. The molecule has 0 N–H and O–H groups in total. The van der Waals surface area contributed by atoms with Crippen molar-refractivity contribution in [1.82, 2.24) is 4.90 Å². The molecule has 0 aromatic rings. The molecule has 1 fully saturated rings. The molecule has 0 aliphatic carbocycles. The molecule has 1 heteroatoms. The highest BCUT2D eigenvalue weighted by Crippen LogP contribution is 2.36. The zero-order valence-corrected chi connectivity index (χ0v) is 13.2. The summed E-state index contributed by atoms with van der Waals surface area (Å²) < 4.78 is 0. The van der Waals surface area contributed by atoms with Gasteiger partial charge in [0.1, 0.15) is 0 Å². The number of likely N-dealkylation sites (tertiary alicyclic amines) is 1. The van der Waals surface area contributed by atoms with Crippen LogP contribution in [0.5, 0.6) is 0 Å². The summed E-state index contributed by atoms with van der Waals surface area (Å²) in [5.74, 6) is 0. The van der Waals surface area contributed by atoms with Crippen molar-refractivity contribution < 1.29 is 0 Å². The molecule has 1 aliphatic rings. The molecule has 1 nitrogen and oxygen atoms in total. The van der Waals surface area contributed by atoms with Crippen LogP contribution in [0.4, 0.5) is 0 Å². The van der Waals surface area contributed by atoms with Crippen molar-refractivity contribution in [3.63, 3.8) is 0 Å². The Kier molecular flexibility index (Phi) is 8.94. The van der Waals surface area contributed by atoms with E-state index in [-0.39, 0.29) is 0 Å². The molecular formula is C16H35N. The second-order valence-corrected chi connectivity index (χ2v) is 5.90. The van der Waals surface area contributed by atoms with Gasteiger partial charge in [0.15, 0.2) is 0 Å². The first-order valence-corrected chi connectivity index (χ1v) is 7.81. The van der Waals surface area contributed by atoms with E-state index in [0.29, 0.717) is 5.41 Å². The third-order valence-electron chi connectivity index (χ3n) is 4.09. The zero-order chi connectivity index (χ0) is 13.3. The maximum absolute atomic E-state index is 2.65. The molecule has 0 spiro atoms. The lowest BCUT2D eigenvalue weighted by Crippen LogP contribution is -2.32. The monoisotopic (exact) mass is 241 g/mol. The molecule has 1 heterocycles. The van der Waals surface area contributed by atoms with E-state index in [2.05, 4.69) is 32.6 Å². The van der Waals surface area contributed by atoms with E-state index in [4.69, 9.17) is 0 Å². The van der Waals surface area contributed by atoms with Gasteiger partial charge in [-0.25, -0.2) is 0 Å². The lowest BCUT2D eigenvalue weighted by molar-refractivity contribution is 0.205. The fraction of sp³-hybridized carbons (Fsp3) is 1.00. The van der Waals surface area contributed by atoms with Crippen molar-refractivity contribution in [3.8, 4) is 0 Å². The normalized spacial score (nSPS) is 26.3. The Bertz CT molecular complexity index is 176. The molecule has 1 aliphatic heterocycles. The van der Waals surface area contributed by atoms with Crippen molar-refractivity contribution in [2.24, 2.45) is 5.41 Å². The van der Waals surface area contributed by atoms with E-state index < -0.39 is 0 Å². The Balaban J connectivity index is 0.00000121.